The zero-order chi connectivity index (χ0) is 11.4. The molecular formula is C13H15NO2. The lowest BCUT2D eigenvalue weighted by Gasteiger charge is -2.09. The fraction of sp³-hybridized carbons (Fsp3) is 0.385. The fourth-order valence-electron chi connectivity index (χ4n) is 1.74. The Hall–Kier alpha value is -1.64. The molecule has 1 aromatic rings. The molecule has 1 atom stereocenters. The second kappa shape index (κ2) is 4.92. The van der Waals surface area contributed by atoms with Gasteiger partial charge in [0, 0.05) is 12.0 Å². The van der Waals surface area contributed by atoms with Crippen molar-refractivity contribution in [2.45, 2.75) is 19.3 Å². The molecule has 1 heterocycles. The van der Waals surface area contributed by atoms with Crippen molar-refractivity contribution in [1.29, 1.82) is 0 Å². The van der Waals surface area contributed by atoms with Crippen LogP contribution >= 0.6 is 0 Å². The van der Waals surface area contributed by atoms with Gasteiger partial charge in [-0.25, -0.2) is 4.99 Å². The van der Waals surface area contributed by atoms with Crippen LogP contribution < -0.4 is 0 Å². The minimum atomic E-state index is 0.276. The van der Waals surface area contributed by atoms with E-state index in [0.717, 1.165) is 24.3 Å². The van der Waals surface area contributed by atoms with Gasteiger partial charge in [-0.05, 0) is 23.6 Å². The monoisotopic (exact) mass is 217 g/mol. The summed E-state index contributed by atoms with van der Waals surface area (Å²) in [6.45, 7) is 3.48. The Labute approximate surface area is 95.2 Å². The summed E-state index contributed by atoms with van der Waals surface area (Å²) in [7, 11) is 0. The normalized spacial score (nSPS) is 16.4. The number of benzene rings is 1. The van der Waals surface area contributed by atoms with E-state index < -0.39 is 0 Å². The van der Waals surface area contributed by atoms with Gasteiger partial charge in [0.15, 0.2) is 0 Å². The molecule has 0 bridgehead atoms. The molecule has 0 aliphatic carbocycles. The standard InChI is InChI=1S/C13H15NO2/c1-10(6-8-15)11-2-4-12(5-3-11)13-14-7-9-16-13/h2-5,8,10H,6-7,9H2,1H3. The van der Waals surface area contributed by atoms with Gasteiger partial charge in [-0.3, -0.25) is 0 Å². The van der Waals surface area contributed by atoms with Gasteiger partial charge in [0.25, 0.3) is 0 Å². The van der Waals surface area contributed by atoms with Crippen molar-refractivity contribution >= 4 is 12.2 Å². The van der Waals surface area contributed by atoms with Gasteiger partial charge in [0.1, 0.15) is 12.9 Å². The molecule has 1 aliphatic heterocycles. The maximum Gasteiger partial charge on any atom is 0.216 e. The average Bonchev–Trinajstić information content (AvgIpc) is 2.83. The largest absolute Gasteiger partial charge is 0.476 e. The number of hydrogen-bond donors (Lipinski definition) is 0. The van der Waals surface area contributed by atoms with E-state index in [4.69, 9.17) is 4.74 Å². The summed E-state index contributed by atoms with van der Waals surface area (Å²) in [5, 5.41) is 0. The average molecular weight is 217 g/mol. The number of nitrogens with zero attached hydrogens (tertiary/aromatic N) is 1. The molecule has 1 unspecified atom stereocenters. The van der Waals surface area contributed by atoms with Crippen LogP contribution in [0.1, 0.15) is 30.4 Å². The van der Waals surface area contributed by atoms with Crippen LogP contribution in [0, 0.1) is 0 Å². The zero-order valence-electron chi connectivity index (χ0n) is 9.35. The summed E-state index contributed by atoms with van der Waals surface area (Å²) in [6.07, 6.45) is 1.53. The Morgan fingerprint density at radius 3 is 2.75 bits per heavy atom. The van der Waals surface area contributed by atoms with Crippen molar-refractivity contribution in [3.05, 3.63) is 35.4 Å². The highest BCUT2D eigenvalue weighted by atomic mass is 16.5. The summed E-state index contributed by atoms with van der Waals surface area (Å²) < 4.78 is 5.38. The molecule has 0 fully saturated rings. The van der Waals surface area contributed by atoms with Crippen LogP contribution in [0.4, 0.5) is 0 Å². The first-order valence-electron chi connectivity index (χ1n) is 5.52. The molecule has 0 saturated heterocycles. The maximum absolute atomic E-state index is 10.4. The van der Waals surface area contributed by atoms with E-state index in [1.165, 1.54) is 5.56 Å². The van der Waals surface area contributed by atoms with Crippen LogP contribution in [-0.2, 0) is 9.53 Å². The summed E-state index contributed by atoms with van der Waals surface area (Å²) in [6, 6.07) is 8.07. The third kappa shape index (κ3) is 2.30. The summed E-state index contributed by atoms with van der Waals surface area (Å²) in [4.78, 5) is 14.7. The first-order chi connectivity index (χ1) is 7.81. The van der Waals surface area contributed by atoms with E-state index in [9.17, 15) is 4.79 Å². The van der Waals surface area contributed by atoms with Crippen molar-refractivity contribution in [3.8, 4) is 0 Å². The van der Waals surface area contributed by atoms with Crippen LogP contribution in [0.3, 0.4) is 0 Å². The molecule has 1 aliphatic rings. The minimum Gasteiger partial charge on any atom is -0.476 e. The van der Waals surface area contributed by atoms with Gasteiger partial charge >= 0.3 is 0 Å². The van der Waals surface area contributed by atoms with Gasteiger partial charge < -0.3 is 9.53 Å². The molecule has 0 amide bonds. The highest BCUT2D eigenvalue weighted by Crippen LogP contribution is 2.19. The molecule has 1 aromatic carbocycles. The lowest BCUT2D eigenvalue weighted by atomic mass is 9.97. The summed E-state index contributed by atoms with van der Waals surface area (Å²) in [5.74, 6) is 1.01. The van der Waals surface area contributed by atoms with Gasteiger partial charge in [-0.15, -0.1) is 0 Å². The van der Waals surface area contributed by atoms with Gasteiger partial charge in [-0.1, -0.05) is 19.1 Å². The topological polar surface area (TPSA) is 38.7 Å². The zero-order valence-corrected chi connectivity index (χ0v) is 9.35. The molecule has 2 rings (SSSR count). The highest BCUT2D eigenvalue weighted by Gasteiger charge is 2.11. The third-order valence-electron chi connectivity index (χ3n) is 2.76. The number of carbonyl (C=O) groups excluding carboxylic acids is 1. The number of ether oxygens (including phenoxy) is 1. The minimum absolute atomic E-state index is 0.276. The van der Waals surface area contributed by atoms with Crippen molar-refractivity contribution < 1.29 is 9.53 Å². The van der Waals surface area contributed by atoms with Crippen molar-refractivity contribution in [2.75, 3.05) is 13.2 Å². The third-order valence-corrected chi connectivity index (χ3v) is 2.76. The molecule has 3 nitrogen and oxygen atoms in total. The Bertz CT molecular complexity index is 395. The van der Waals surface area contributed by atoms with E-state index in [2.05, 4.69) is 4.99 Å². The van der Waals surface area contributed by atoms with Crippen molar-refractivity contribution in [2.24, 2.45) is 4.99 Å². The van der Waals surface area contributed by atoms with E-state index in [1.54, 1.807) is 0 Å². The molecule has 16 heavy (non-hydrogen) atoms. The second-order valence-electron chi connectivity index (χ2n) is 3.96. The van der Waals surface area contributed by atoms with Crippen LogP contribution in [-0.4, -0.2) is 25.3 Å². The van der Waals surface area contributed by atoms with E-state index in [1.807, 2.05) is 31.2 Å². The Balaban J connectivity index is 2.12. The molecule has 3 heteroatoms. The summed E-state index contributed by atoms with van der Waals surface area (Å²) in [5.41, 5.74) is 2.19. The number of carbonyl (C=O) groups is 1. The second-order valence-corrected chi connectivity index (χ2v) is 3.96. The predicted molar refractivity (Wildman–Crippen MR) is 62.9 cm³/mol. The lowest BCUT2D eigenvalue weighted by Crippen LogP contribution is -2.02. The SMILES string of the molecule is CC(CC=O)c1ccc(C2=NCCO2)cc1. The highest BCUT2D eigenvalue weighted by molar-refractivity contribution is 5.94. The number of aldehydes is 1. The van der Waals surface area contributed by atoms with Crippen LogP contribution in [0.15, 0.2) is 29.3 Å². The molecule has 0 saturated carbocycles. The first-order valence-corrected chi connectivity index (χ1v) is 5.52. The maximum atomic E-state index is 10.4. The molecule has 0 radical (unpaired) electrons. The quantitative estimate of drug-likeness (QED) is 0.725. The summed E-state index contributed by atoms with van der Waals surface area (Å²) >= 11 is 0. The Kier molecular flexibility index (Phi) is 3.34. The van der Waals surface area contributed by atoms with E-state index in [0.29, 0.717) is 13.0 Å². The smallest absolute Gasteiger partial charge is 0.216 e. The molecule has 0 N–H and O–H groups in total. The lowest BCUT2D eigenvalue weighted by molar-refractivity contribution is -0.108. The van der Waals surface area contributed by atoms with E-state index >= 15 is 0 Å². The number of aliphatic imine (C=N–C) groups is 1. The van der Waals surface area contributed by atoms with Crippen molar-refractivity contribution in [1.82, 2.24) is 0 Å². The van der Waals surface area contributed by atoms with Gasteiger partial charge in [0.05, 0.1) is 6.54 Å². The predicted octanol–water partition coefficient (Wildman–Crippen LogP) is 2.16. The van der Waals surface area contributed by atoms with Crippen LogP contribution in [0.2, 0.25) is 0 Å². The van der Waals surface area contributed by atoms with Gasteiger partial charge in [-0.2, -0.15) is 0 Å². The van der Waals surface area contributed by atoms with Gasteiger partial charge in [0.2, 0.25) is 5.90 Å². The Morgan fingerprint density at radius 1 is 1.44 bits per heavy atom. The van der Waals surface area contributed by atoms with Crippen LogP contribution in [0.5, 0.6) is 0 Å². The van der Waals surface area contributed by atoms with E-state index in [-0.39, 0.29) is 5.92 Å². The molecular weight excluding hydrogens is 202 g/mol. The Morgan fingerprint density at radius 2 is 2.19 bits per heavy atom. The molecule has 0 aromatic heterocycles. The molecule has 84 valence electrons. The molecule has 0 spiro atoms. The number of hydrogen-bond acceptors (Lipinski definition) is 3. The van der Waals surface area contributed by atoms with Crippen molar-refractivity contribution in [3.63, 3.8) is 0 Å². The first kappa shape index (κ1) is 10.9. The fourth-order valence-corrected chi connectivity index (χ4v) is 1.74. The number of rotatable bonds is 4. The van der Waals surface area contributed by atoms with Crippen LogP contribution in [0.25, 0.3) is 0 Å².